The molecule has 2 aliphatic rings. The van der Waals surface area contributed by atoms with Gasteiger partial charge in [0.25, 0.3) is 0 Å². The van der Waals surface area contributed by atoms with E-state index in [1.165, 1.54) is 19.3 Å². The minimum Gasteiger partial charge on any atom is -0.460 e. The lowest BCUT2D eigenvalue weighted by atomic mass is 9.70. The number of rotatable bonds is 2. The zero-order valence-electron chi connectivity index (χ0n) is 11.5. The number of hydrogen-bond donors (Lipinski definition) is 0. The third kappa shape index (κ3) is 2.05. The molecular formula is C14H23BrO2. The Morgan fingerprint density at radius 3 is 2.35 bits per heavy atom. The number of fused-ring (bicyclic) bond motifs is 2. The maximum atomic E-state index is 12.1. The molecule has 17 heavy (non-hydrogen) atoms. The maximum Gasteiger partial charge on any atom is 0.322 e. The molecule has 2 saturated carbocycles. The molecule has 2 fully saturated rings. The van der Waals surface area contributed by atoms with E-state index in [0.29, 0.717) is 5.92 Å². The van der Waals surface area contributed by atoms with Crippen molar-refractivity contribution in [3.05, 3.63) is 0 Å². The van der Waals surface area contributed by atoms with Gasteiger partial charge in [-0.2, -0.15) is 0 Å². The van der Waals surface area contributed by atoms with Crippen LogP contribution in [0.1, 0.15) is 53.9 Å². The first-order valence-corrected chi connectivity index (χ1v) is 7.27. The van der Waals surface area contributed by atoms with Crippen molar-refractivity contribution in [1.82, 2.24) is 0 Å². The Balaban J connectivity index is 2.19. The van der Waals surface area contributed by atoms with Gasteiger partial charge in [0.15, 0.2) is 0 Å². The molecule has 3 atom stereocenters. The van der Waals surface area contributed by atoms with E-state index in [4.69, 9.17) is 4.74 Å². The zero-order chi connectivity index (χ0) is 13.1. The summed E-state index contributed by atoms with van der Waals surface area (Å²) >= 11 is 3.38. The summed E-state index contributed by atoms with van der Waals surface area (Å²) in [6.07, 6.45) is 3.76. The standard InChI is InChI=1S/C14H23BrO2/c1-12(2)9-6-7-14(5,8-9)10(12)17-11(16)13(3,4)15/h9-10H,6-8H2,1-5H3. The first kappa shape index (κ1) is 13.4. The van der Waals surface area contributed by atoms with Gasteiger partial charge in [-0.15, -0.1) is 0 Å². The van der Waals surface area contributed by atoms with Crippen LogP contribution in [-0.4, -0.2) is 16.4 Å². The minimum absolute atomic E-state index is 0.0677. The molecule has 0 spiro atoms. The predicted octanol–water partition coefficient (Wildman–Crippen LogP) is 3.92. The van der Waals surface area contributed by atoms with Crippen molar-refractivity contribution in [3.63, 3.8) is 0 Å². The van der Waals surface area contributed by atoms with Crippen LogP contribution < -0.4 is 0 Å². The van der Waals surface area contributed by atoms with Crippen molar-refractivity contribution in [3.8, 4) is 0 Å². The Labute approximate surface area is 113 Å². The predicted molar refractivity (Wildman–Crippen MR) is 72.1 cm³/mol. The number of carbonyl (C=O) groups is 1. The van der Waals surface area contributed by atoms with E-state index in [-0.39, 0.29) is 22.9 Å². The fraction of sp³-hybridized carbons (Fsp3) is 0.929. The van der Waals surface area contributed by atoms with Gasteiger partial charge in [-0.25, -0.2) is 0 Å². The lowest BCUT2D eigenvalue weighted by Gasteiger charge is -2.42. The maximum absolute atomic E-state index is 12.1. The highest BCUT2D eigenvalue weighted by atomic mass is 79.9. The molecule has 3 heteroatoms. The van der Waals surface area contributed by atoms with E-state index in [1.807, 2.05) is 13.8 Å². The van der Waals surface area contributed by atoms with E-state index < -0.39 is 4.32 Å². The fourth-order valence-electron chi connectivity index (χ4n) is 3.80. The summed E-state index contributed by atoms with van der Waals surface area (Å²) in [7, 11) is 0. The molecule has 0 aliphatic heterocycles. The lowest BCUT2D eigenvalue weighted by molar-refractivity contribution is -0.166. The highest BCUT2D eigenvalue weighted by molar-refractivity contribution is 9.10. The van der Waals surface area contributed by atoms with Crippen molar-refractivity contribution < 1.29 is 9.53 Å². The summed E-state index contributed by atoms with van der Waals surface area (Å²) in [5.41, 5.74) is 0.322. The van der Waals surface area contributed by atoms with Crippen LogP contribution in [0.15, 0.2) is 0 Å². The van der Waals surface area contributed by atoms with Crippen LogP contribution in [-0.2, 0) is 9.53 Å². The smallest absolute Gasteiger partial charge is 0.322 e. The molecule has 0 heterocycles. The molecule has 0 N–H and O–H groups in total. The van der Waals surface area contributed by atoms with E-state index in [9.17, 15) is 4.79 Å². The van der Waals surface area contributed by atoms with Crippen molar-refractivity contribution in [2.24, 2.45) is 16.7 Å². The SMILES string of the molecule is CC(C)(Br)C(=O)OC1C2(C)CCC(C2)C1(C)C. The van der Waals surface area contributed by atoms with Gasteiger partial charge in [0, 0.05) is 10.8 Å². The summed E-state index contributed by atoms with van der Waals surface area (Å²) in [6, 6.07) is 0. The Kier molecular flexibility index (Phi) is 2.93. The van der Waals surface area contributed by atoms with Crippen LogP contribution >= 0.6 is 15.9 Å². The molecule has 3 unspecified atom stereocenters. The summed E-state index contributed by atoms with van der Waals surface area (Å²) in [5.74, 6) is 0.577. The van der Waals surface area contributed by atoms with Gasteiger partial charge in [0.2, 0.25) is 0 Å². The molecular weight excluding hydrogens is 280 g/mol. The van der Waals surface area contributed by atoms with Crippen molar-refractivity contribution >= 4 is 21.9 Å². The normalized spacial score (nSPS) is 39.4. The van der Waals surface area contributed by atoms with E-state index in [1.54, 1.807) is 0 Å². The molecule has 2 bridgehead atoms. The van der Waals surface area contributed by atoms with Gasteiger partial charge >= 0.3 is 5.97 Å². The number of ether oxygens (including phenoxy) is 1. The fourth-order valence-corrected chi connectivity index (χ4v) is 3.89. The summed E-state index contributed by atoms with van der Waals surface area (Å²) in [4.78, 5) is 12.1. The molecule has 0 saturated heterocycles. The zero-order valence-corrected chi connectivity index (χ0v) is 13.1. The second-order valence-corrected chi connectivity index (χ2v) is 9.16. The average Bonchev–Trinajstić information content (AvgIpc) is 2.62. The molecule has 2 aliphatic carbocycles. The number of carbonyl (C=O) groups excluding carboxylic acids is 1. The van der Waals surface area contributed by atoms with Crippen molar-refractivity contribution in [1.29, 1.82) is 0 Å². The Bertz CT molecular complexity index is 338. The van der Waals surface area contributed by atoms with Gasteiger partial charge in [0.05, 0.1) is 0 Å². The lowest BCUT2D eigenvalue weighted by Crippen LogP contribution is -2.46. The molecule has 0 amide bonds. The van der Waals surface area contributed by atoms with E-state index in [0.717, 1.165) is 0 Å². The number of esters is 1. The van der Waals surface area contributed by atoms with Crippen LogP contribution in [0.5, 0.6) is 0 Å². The Morgan fingerprint density at radius 1 is 1.35 bits per heavy atom. The van der Waals surface area contributed by atoms with Gasteiger partial charge < -0.3 is 4.74 Å². The first-order valence-electron chi connectivity index (χ1n) is 6.47. The van der Waals surface area contributed by atoms with Gasteiger partial charge in [0.1, 0.15) is 10.4 Å². The highest BCUT2D eigenvalue weighted by Crippen LogP contribution is 2.63. The second-order valence-electron chi connectivity index (χ2n) is 7.17. The Morgan fingerprint density at radius 2 is 1.94 bits per heavy atom. The third-order valence-corrected chi connectivity index (χ3v) is 5.17. The minimum atomic E-state index is -0.582. The quantitative estimate of drug-likeness (QED) is 0.571. The molecule has 0 aromatic heterocycles. The topological polar surface area (TPSA) is 26.3 Å². The van der Waals surface area contributed by atoms with Crippen LogP contribution in [0, 0.1) is 16.7 Å². The molecule has 2 rings (SSSR count). The molecule has 0 aromatic rings. The van der Waals surface area contributed by atoms with Crippen molar-refractivity contribution in [2.75, 3.05) is 0 Å². The van der Waals surface area contributed by atoms with Gasteiger partial charge in [-0.1, -0.05) is 36.7 Å². The largest absolute Gasteiger partial charge is 0.460 e. The Hall–Kier alpha value is -0.0500. The summed E-state index contributed by atoms with van der Waals surface area (Å²) < 4.78 is 5.26. The van der Waals surface area contributed by atoms with E-state index in [2.05, 4.69) is 36.7 Å². The number of alkyl halides is 1. The van der Waals surface area contributed by atoms with Crippen LogP contribution in [0.25, 0.3) is 0 Å². The first-order chi connectivity index (χ1) is 7.57. The van der Waals surface area contributed by atoms with Crippen LogP contribution in [0.4, 0.5) is 0 Å². The van der Waals surface area contributed by atoms with Gasteiger partial charge in [-0.3, -0.25) is 4.79 Å². The average molecular weight is 303 g/mol. The highest BCUT2D eigenvalue weighted by Gasteiger charge is 2.61. The van der Waals surface area contributed by atoms with Crippen molar-refractivity contribution in [2.45, 2.75) is 64.3 Å². The molecule has 0 radical (unpaired) electrons. The van der Waals surface area contributed by atoms with Crippen LogP contribution in [0.2, 0.25) is 0 Å². The molecule has 98 valence electrons. The summed E-state index contributed by atoms with van der Waals surface area (Å²) in [6.45, 7) is 10.5. The third-order valence-electron chi connectivity index (χ3n) is 4.85. The monoisotopic (exact) mass is 302 g/mol. The second kappa shape index (κ2) is 3.72. The van der Waals surface area contributed by atoms with Crippen LogP contribution in [0.3, 0.4) is 0 Å². The van der Waals surface area contributed by atoms with E-state index >= 15 is 0 Å². The number of hydrogen-bond acceptors (Lipinski definition) is 2. The molecule has 2 nitrogen and oxygen atoms in total. The summed E-state index contributed by atoms with van der Waals surface area (Å²) in [5, 5.41) is 0. The molecule has 0 aromatic carbocycles. The van der Waals surface area contributed by atoms with Gasteiger partial charge in [-0.05, 0) is 39.0 Å². The number of halogens is 1.